The van der Waals surface area contributed by atoms with Gasteiger partial charge in [0, 0.05) is 47.1 Å². The topological polar surface area (TPSA) is 115 Å². The number of rotatable bonds is 9. The Hall–Kier alpha value is -2.78. The lowest BCUT2D eigenvalue weighted by molar-refractivity contribution is 0.0995. The van der Waals surface area contributed by atoms with Gasteiger partial charge in [0.05, 0.1) is 18.3 Å². The number of aromatic nitrogens is 2. The van der Waals surface area contributed by atoms with Crippen LogP contribution < -0.4 is 5.73 Å². The molecule has 7 nitrogen and oxygen atoms in total. The smallest absolute Gasteiger partial charge is 0.267 e. The zero-order valence-electron chi connectivity index (χ0n) is 18.6. The lowest BCUT2D eigenvalue weighted by Crippen LogP contribution is -2.32. The van der Waals surface area contributed by atoms with Gasteiger partial charge in [-0.1, -0.05) is 37.6 Å². The van der Waals surface area contributed by atoms with E-state index in [2.05, 4.69) is 16.9 Å². The van der Waals surface area contributed by atoms with Crippen molar-refractivity contribution in [3.05, 3.63) is 71.7 Å². The van der Waals surface area contributed by atoms with Crippen molar-refractivity contribution in [2.45, 2.75) is 38.8 Å². The van der Waals surface area contributed by atoms with Crippen molar-refractivity contribution in [3.63, 3.8) is 0 Å². The van der Waals surface area contributed by atoms with Gasteiger partial charge in [-0.3, -0.25) is 9.78 Å². The van der Waals surface area contributed by atoms with E-state index in [1.807, 2.05) is 40.7 Å². The van der Waals surface area contributed by atoms with Crippen molar-refractivity contribution in [1.29, 1.82) is 0 Å². The minimum atomic E-state index is -1.20. The molecule has 4 rings (SSSR count). The van der Waals surface area contributed by atoms with Gasteiger partial charge in [-0.25, -0.2) is 4.98 Å². The number of benzene rings is 1. The van der Waals surface area contributed by atoms with Crippen LogP contribution in [-0.4, -0.2) is 42.2 Å². The van der Waals surface area contributed by atoms with Crippen molar-refractivity contribution in [2.24, 2.45) is 5.73 Å². The van der Waals surface area contributed by atoms with E-state index in [-0.39, 0.29) is 18.3 Å². The van der Waals surface area contributed by atoms with Crippen LogP contribution in [0, 0.1) is 0 Å². The fourth-order valence-electron chi connectivity index (χ4n) is 4.27. The summed E-state index contributed by atoms with van der Waals surface area (Å²) < 4.78 is 15.0. The SMILES string of the molecule is CCCC[S@@+]([O-])N1Cc2cc(C(N)=O)nc(-c3cccc(-c4cccnc4)c3)c2[C@H]1CCO. The predicted octanol–water partition coefficient (Wildman–Crippen LogP) is 3.61. The number of fused-ring (bicyclic) bond motifs is 1. The summed E-state index contributed by atoms with van der Waals surface area (Å²) in [7, 11) is 0. The Bertz CT molecular complexity index is 1130. The zero-order valence-corrected chi connectivity index (χ0v) is 19.4. The van der Waals surface area contributed by atoms with Crippen molar-refractivity contribution >= 4 is 17.3 Å². The molecule has 3 aromatic rings. The van der Waals surface area contributed by atoms with Gasteiger partial charge in [-0.05, 0) is 42.2 Å². The number of nitrogens with zero attached hydrogens (tertiary/aromatic N) is 3. The van der Waals surface area contributed by atoms with Crippen LogP contribution >= 0.6 is 0 Å². The Morgan fingerprint density at radius 2 is 2.03 bits per heavy atom. The first kappa shape index (κ1) is 23.4. The minimum Gasteiger partial charge on any atom is -0.598 e. The molecule has 1 aliphatic heterocycles. The van der Waals surface area contributed by atoms with E-state index in [4.69, 9.17) is 5.73 Å². The number of aliphatic hydroxyl groups is 1. The maximum atomic E-state index is 13.1. The number of unbranched alkanes of at least 4 members (excludes halogenated alkanes) is 1. The van der Waals surface area contributed by atoms with Crippen LogP contribution in [0.4, 0.5) is 0 Å². The second kappa shape index (κ2) is 10.4. The molecule has 33 heavy (non-hydrogen) atoms. The number of aliphatic hydroxyl groups excluding tert-OH is 1. The first-order valence-corrected chi connectivity index (χ1v) is 12.4. The largest absolute Gasteiger partial charge is 0.598 e. The second-order valence-corrected chi connectivity index (χ2v) is 9.62. The van der Waals surface area contributed by atoms with E-state index < -0.39 is 17.3 Å². The molecule has 3 N–H and O–H groups in total. The molecular weight excluding hydrogens is 436 g/mol. The Morgan fingerprint density at radius 1 is 1.24 bits per heavy atom. The summed E-state index contributed by atoms with van der Waals surface area (Å²) in [6.07, 6.45) is 5.76. The van der Waals surface area contributed by atoms with Crippen LogP contribution in [0.25, 0.3) is 22.4 Å². The van der Waals surface area contributed by atoms with Gasteiger partial charge >= 0.3 is 0 Å². The van der Waals surface area contributed by atoms with E-state index >= 15 is 0 Å². The molecule has 0 bridgehead atoms. The second-order valence-electron chi connectivity index (χ2n) is 8.10. The quantitative estimate of drug-likeness (QED) is 0.468. The highest BCUT2D eigenvalue weighted by molar-refractivity contribution is 7.89. The summed E-state index contributed by atoms with van der Waals surface area (Å²) in [5, 5.41) is 9.80. The molecule has 1 aromatic carbocycles. The standard InChI is InChI=1S/C25H28N4O3S/c1-2-3-12-33(32)29-16-20-14-21(25(26)31)28-24(23(20)22(29)9-11-30)18-7-4-6-17(13-18)19-8-5-10-27-15-19/h4-8,10,13-15,22,30H,2-3,9,11-12,16H2,1H3,(H2,26,31)/t22-,33-/m1/s1. The molecule has 2 atom stereocenters. The molecule has 2 aromatic heterocycles. The Kier molecular flexibility index (Phi) is 7.39. The van der Waals surface area contributed by atoms with Gasteiger partial charge in [0.2, 0.25) is 0 Å². The molecule has 172 valence electrons. The fourth-order valence-corrected chi connectivity index (χ4v) is 5.82. The number of hydrogen-bond donors (Lipinski definition) is 2. The van der Waals surface area contributed by atoms with Crippen LogP contribution in [0.3, 0.4) is 0 Å². The van der Waals surface area contributed by atoms with Gasteiger partial charge in [0.25, 0.3) is 5.91 Å². The van der Waals surface area contributed by atoms with Gasteiger partial charge in [0.15, 0.2) is 0 Å². The number of amides is 1. The molecule has 0 fully saturated rings. The van der Waals surface area contributed by atoms with E-state index in [1.54, 1.807) is 18.5 Å². The molecule has 1 aliphatic rings. The minimum absolute atomic E-state index is 0.0433. The number of primary amides is 1. The van der Waals surface area contributed by atoms with Crippen molar-refractivity contribution < 1.29 is 14.5 Å². The van der Waals surface area contributed by atoms with Gasteiger partial charge < -0.3 is 15.4 Å². The fraction of sp³-hybridized carbons (Fsp3) is 0.320. The van der Waals surface area contributed by atoms with Crippen molar-refractivity contribution in [2.75, 3.05) is 12.4 Å². The third kappa shape index (κ3) is 4.94. The monoisotopic (exact) mass is 464 g/mol. The number of carbonyl (C=O) groups excluding carboxylic acids is 1. The third-order valence-corrected chi connectivity index (χ3v) is 7.42. The molecule has 0 saturated heterocycles. The number of carbonyl (C=O) groups is 1. The normalized spacial score (nSPS) is 16.5. The van der Waals surface area contributed by atoms with Crippen LogP contribution in [0.15, 0.2) is 54.9 Å². The molecule has 0 aliphatic carbocycles. The van der Waals surface area contributed by atoms with Crippen molar-refractivity contribution in [3.8, 4) is 22.4 Å². The van der Waals surface area contributed by atoms with E-state index in [1.165, 1.54) is 0 Å². The highest BCUT2D eigenvalue weighted by Crippen LogP contribution is 2.43. The van der Waals surface area contributed by atoms with Crippen molar-refractivity contribution in [1.82, 2.24) is 14.3 Å². The molecule has 8 heteroatoms. The maximum absolute atomic E-state index is 13.1. The Morgan fingerprint density at radius 3 is 2.73 bits per heavy atom. The lowest BCUT2D eigenvalue weighted by atomic mass is 9.94. The molecule has 3 heterocycles. The number of hydrogen-bond acceptors (Lipinski definition) is 6. The summed E-state index contributed by atoms with van der Waals surface area (Å²) in [6, 6.07) is 13.2. The van der Waals surface area contributed by atoms with E-state index in [9.17, 15) is 14.5 Å². The van der Waals surface area contributed by atoms with Gasteiger partial charge in [0.1, 0.15) is 11.4 Å². The summed E-state index contributed by atoms with van der Waals surface area (Å²) >= 11 is -1.20. The van der Waals surface area contributed by atoms with E-state index in [0.29, 0.717) is 24.4 Å². The molecule has 1 amide bonds. The summed E-state index contributed by atoms with van der Waals surface area (Å²) in [5.41, 5.74) is 11.0. The maximum Gasteiger partial charge on any atom is 0.267 e. The summed E-state index contributed by atoms with van der Waals surface area (Å²) in [6.45, 7) is 2.45. The molecule has 0 unspecified atom stereocenters. The van der Waals surface area contributed by atoms with E-state index in [0.717, 1.165) is 40.7 Å². The van der Waals surface area contributed by atoms with Crippen LogP contribution in [0.2, 0.25) is 0 Å². The molecule has 0 spiro atoms. The first-order valence-electron chi connectivity index (χ1n) is 11.1. The van der Waals surface area contributed by atoms with Crippen LogP contribution in [-0.2, 0) is 17.9 Å². The highest BCUT2D eigenvalue weighted by Gasteiger charge is 2.40. The third-order valence-electron chi connectivity index (χ3n) is 5.87. The summed E-state index contributed by atoms with van der Waals surface area (Å²) in [4.78, 5) is 20.9. The number of pyridine rings is 2. The van der Waals surface area contributed by atoms with Gasteiger partial charge in [-0.2, -0.15) is 0 Å². The predicted molar refractivity (Wildman–Crippen MR) is 129 cm³/mol. The first-order chi connectivity index (χ1) is 16.0. The summed E-state index contributed by atoms with van der Waals surface area (Å²) in [5.74, 6) is -0.0410. The zero-order chi connectivity index (χ0) is 23.4. The highest BCUT2D eigenvalue weighted by atomic mass is 32.2. The molecule has 0 radical (unpaired) electrons. The Balaban J connectivity index is 1.83. The van der Waals surface area contributed by atoms with Crippen LogP contribution in [0.1, 0.15) is 53.8 Å². The Labute approximate surface area is 197 Å². The average Bonchev–Trinajstić information content (AvgIpc) is 3.21. The van der Waals surface area contributed by atoms with Crippen LogP contribution in [0.5, 0.6) is 0 Å². The number of nitrogens with two attached hydrogens (primary N) is 1. The molecular formula is C25H28N4O3S. The average molecular weight is 465 g/mol. The molecule has 0 saturated carbocycles. The lowest BCUT2D eigenvalue weighted by Gasteiger charge is -2.26. The van der Waals surface area contributed by atoms with Gasteiger partial charge in [-0.15, -0.1) is 4.31 Å².